The fourth-order valence-electron chi connectivity index (χ4n) is 2.37. The number of fused-ring (bicyclic) bond motifs is 1. The van der Waals surface area contributed by atoms with Gasteiger partial charge >= 0.3 is 0 Å². The second-order valence-electron chi connectivity index (χ2n) is 5.51. The van der Waals surface area contributed by atoms with Gasteiger partial charge in [0.15, 0.2) is 0 Å². The molecule has 2 atom stereocenters. The van der Waals surface area contributed by atoms with E-state index in [-0.39, 0.29) is 0 Å². The Labute approximate surface area is 92.0 Å². The highest BCUT2D eigenvalue weighted by atomic mass is 35.5. The van der Waals surface area contributed by atoms with Gasteiger partial charge in [0.2, 0.25) is 0 Å². The van der Waals surface area contributed by atoms with Crippen LogP contribution in [0.1, 0.15) is 12.8 Å². The van der Waals surface area contributed by atoms with Crippen molar-refractivity contribution in [1.82, 2.24) is 9.70 Å². The summed E-state index contributed by atoms with van der Waals surface area (Å²) in [4.78, 5) is 5.66. The number of halogens is 1. The molecular weight excluding hydrogens is 216 g/mol. The third-order valence-electron chi connectivity index (χ3n) is 2.94. The molecule has 0 unspecified atom stereocenters. The maximum absolute atomic E-state index is 5.99. The van der Waals surface area contributed by atoms with Crippen LogP contribution in [0.4, 0.5) is 0 Å². The van der Waals surface area contributed by atoms with E-state index in [1.807, 2.05) is 0 Å². The van der Waals surface area contributed by atoms with E-state index in [0.717, 1.165) is 6.54 Å². The fraction of sp³-hybridized carbons (Fsp3) is 1.00. The molecule has 0 aromatic rings. The third-order valence-corrected chi connectivity index (χ3v) is 4.84. The van der Waals surface area contributed by atoms with Crippen LogP contribution in [-0.2, 0) is 4.84 Å². The fourth-order valence-corrected chi connectivity index (χ4v) is 4.21. The molecule has 0 aromatic heterocycles. The molecule has 2 aliphatic rings. The normalized spacial score (nSPS) is 35.1. The van der Waals surface area contributed by atoms with E-state index in [0.29, 0.717) is 12.1 Å². The number of hydrogen-bond acceptors (Lipinski definition) is 3. The van der Waals surface area contributed by atoms with Crippen molar-refractivity contribution in [3.05, 3.63) is 0 Å². The van der Waals surface area contributed by atoms with Crippen LogP contribution in [-0.4, -0.2) is 36.5 Å². The molecule has 82 valence electrons. The maximum atomic E-state index is 5.99. The van der Waals surface area contributed by atoms with E-state index in [1.54, 1.807) is 0 Å². The molecule has 0 saturated carbocycles. The smallest absolute Gasteiger partial charge is 0.0971 e. The Balaban J connectivity index is 2.00. The average molecular weight is 235 g/mol. The van der Waals surface area contributed by atoms with E-state index < -0.39 is 8.07 Å². The monoisotopic (exact) mass is 234 g/mol. The summed E-state index contributed by atoms with van der Waals surface area (Å²) in [5, 5.41) is 2.16. The van der Waals surface area contributed by atoms with Crippen molar-refractivity contribution in [3.8, 4) is 0 Å². The highest BCUT2D eigenvalue weighted by molar-refractivity contribution is 6.76. The van der Waals surface area contributed by atoms with Gasteiger partial charge in [0.05, 0.1) is 12.1 Å². The average Bonchev–Trinajstić information content (AvgIpc) is 2.54. The Kier molecular flexibility index (Phi) is 2.92. The Bertz CT molecular complexity index is 221. The van der Waals surface area contributed by atoms with Crippen LogP contribution in [0.2, 0.25) is 25.7 Å². The summed E-state index contributed by atoms with van der Waals surface area (Å²) in [6.45, 7) is 8.20. The van der Waals surface area contributed by atoms with Crippen molar-refractivity contribution >= 4 is 19.9 Å². The van der Waals surface area contributed by atoms with Crippen LogP contribution in [0.5, 0.6) is 0 Å². The largest absolute Gasteiger partial charge is 0.264 e. The van der Waals surface area contributed by atoms with Crippen LogP contribution < -0.4 is 0 Å². The van der Waals surface area contributed by atoms with Crippen molar-refractivity contribution in [2.24, 2.45) is 0 Å². The molecule has 0 aliphatic carbocycles. The molecule has 0 amide bonds. The maximum Gasteiger partial charge on any atom is 0.0971 e. The summed E-state index contributed by atoms with van der Waals surface area (Å²) in [5.41, 5.74) is 0. The lowest BCUT2D eigenvalue weighted by Crippen LogP contribution is -2.35. The summed E-state index contributed by atoms with van der Waals surface area (Å²) in [5.74, 6) is 0. The summed E-state index contributed by atoms with van der Waals surface area (Å²) in [7, 11) is -1.05. The second-order valence-corrected chi connectivity index (χ2v) is 11.3. The van der Waals surface area contributed by atoms with Gasteiger partial charge in [-0.3, -0.25) is 4.84 Å². The molecule has 0 radical (unpaired) electrons. The number of nitrogens with zero attached hydrogens (tertiary/aromatic N) is 2. The summed E-state index contributed by atoms with van der Waals surface area (Å²) < 4.78 is 1.45. The first-order valence-corrected chi connectivity index (χ1v) is 9.41. The molecule has 14 heavy (non-hydrogen) atoms. The molecule has 2 saturated heterocycles. The van der Waals surface area contributed by atoms with Crippen LogP contribution in [0.25, 0.3) is 0 Å². The molecular formula is C9H19ClN2OSi. The number of rotatable bonds is 2. The Hall–Kier alpha value is 0.387. The first kappa shape index (κ1) is 10.9. The van der Waals surface area contributed by atoms with E-state index in [1.165, 1.54) is 23.6 Å². The Morgan fingerprint density at radius 2 is 2.14 bits per heavy atom. The van der Waals surface area contributed by atoms with Gasteiger partial charge in [-0.25, -0.2) is 0 Å². The molecule has 0 spiro atoms. The molecule has 0 bridgehead atoms. The molecule has 2 aliphatic heterocycles. The van der Waals surface area contributed by atoms with Crippen LogP contribution in [0, 0.1) is 0 Å². The van der Waals surface area contributed by atoms with Crippen LogP contribution in [0.3, 0.4) is 0 Å². The minimum Gasteiger partial charge on any atom is -0.264 e. The first-order chi connectivity index (χ1) is 6.47. The predicted molar refractivity (Wildman–Crippen MR) is 60.4 cm³/mol. The standard InChI is InChI=1S/C9H19ClN2OSi/c1-14(2,3)7-9-8-5-4-6-11(8)12(10)13-9/h8-9H,4-7H2,1-3H3/t8-,9+/m0/s1. The molecule has 2 rings (SSSR count). The Morgan fingerprint density at radius 1 is 1.43 bits per heavy atom. The molecule has 3 nitrogen and oxygen atoms in total. The minimum atomic E-state index is -1.05. The van der Waals surface area contributed by atoms with Gasteiger partial charge in [-0.2, -0.15) is 5.01 Å². The second kappa shape index (κ2) is 3.76. The zero-order valence-electron chi connectivity index (χ0n) is 9.16. The minimum absolute atomic E-state index is 0.335. The molecule has 2 fully saturated rings. The van der Waals surface area contributed by atoms with Crippen molar-refractivity contribution in [3.63, 3.8) is 0 Å². The van der Waals surface area contributed by atoms with Gasteiger partial charge < -0.3 is 0 Å². The topological polar surface area (TPSA) is 15.7 Å². The van der Waals surface area contributed by atoms with E-state index >= 15 is 0 Å². The van der Waals surface area contributed by atoms with Gasteiger partial charge in [-0.05, 0) is 23.6 Å². The summed E-state index contributed by atoms with van der Waals surface area (Å²) in [6, 6.07) is 1.75. The lowest BCUT2D eigenvalue weighted by Gasteiger charge is -2.22. The zero-order chi connectivity index (χ0) is 10.3. The van der Waals surface area contributed by atoms with Gasteiger partial charge in [0.25, 0.3) is 0 Å². The van der Waals surface area contributed by atoms with Gasteiger partial charge in [-0.1, -0.05) is 19.6 Å². The Morgan fingerprint density at radius 3 is 2.79 bits per heavy atom. The number of hydrogen-bond donors (Lipinski definition) is 0. The van der Waals surface area contributed by atoms with Crippen molar-refractivity contribution < 1.29 is 4.84 Å². The lowest BCUT2D eigenvalue weighted by molar-refractivity contribution is -0.154. The highest BCUT2D eigenvalue weighted by Crippen LogP contribution is 2.35. The van der Waals surface area contributed by atoms with E-state index in [2.05, 4.69) is 24.6 Å². The molecule has 5 heteroatoms. The number of hydrazine groups is 1. The lowest BCUT2D eigenvalue weighted by atomic mass is 10.1. The van der Waals surface area contributed by atoms with Crippen molar-refractivity contribution in [1.29, 1.82) is 0 Å². The van der Waals surface area contributed by atoms with E-state index in [9.17, 15) is 0 Å². The van der Waals surface area contributed by atoms with Crippen molar-refractivity contribution in [2.45, 2.75) is 50.7 Å². The van der Waals surface area contributed by atoms with Gasteiger partial charge in [0, 0.05) is 26.4 Å². The third kappa shape index (κ3) is 2.14. The summed E-state index contributed by atoms with van der Waals surface area (Å²) >= 11 is 5.99. The van der Waals surface area contributed by atoms with Crippen LogP contribution >= 0.6 is 11.8 Å². The zero-order valence-corrected chi connectivity index (χ0v) is 10.9. The molecule has 0 N–H and O–H groups in total. The van der Waals surface area contributed by atoms with Crippen LogP contribution in [0.15, 0.2) is 0 Å². The first-order valence-electron chi connectivity index (χ1n) is 5.37. The quantitative estimate of drug-likeness (QED) is 0.539. The SMILES string of the molecule is C[Si](C)(C)C[C@H]1ON(Cl)N2CCC[C@@H]12. The molecule has 2 heterocycles. The van der Waals surface area contributed by atoms with E-state index in [4.69, 9.17) is 16.6 Å². The summed E-state index contributed by atoms with van der Waals surface area (Å²) in [6.07, 6.45) is 2.82. The van der Waals surface area contributed by atoms with Crippen molar-refractivity contribution in [2.75, 3.05) is 6.54 Å². The van der Waals surface area contributed by atoms with Gasteiger partial charge in [0.1, 0.15) is 0 Å². The molecule has 0 aromatic carbocycles. The van der Waals surface area contributed by atoms with Gasteiger partial charge in [-0.15, -0.1) is 0 Å². The predicted octanol–water partition coefficient (Wildman–Crippen LogP) is 2.47. The highest BCUT2D eigenvalue weighted by Gasteiger charge is 2.45.